The van der Waals surface area contributed by atoms with Crippen LogP contribution in [0.2, 0.25) is 0 Å². The van der Waals surface area contributed by atoms with E-state index < -0.39 is 27.1 Å². The molecule has 2 rings (SSSR count). The molecule has 1 amide bonds. The van der Waals surface area contributed by atoms with Crippen molar-refractivity contribution in [2.75, 3.05) is 5.32 Å². The number of nitrogens with one attached hydrogen (secondary N) is 1. The third-order valence-corrected chi connectivity index (χ3v) is 4.63. The van der Waals surface area contributed by atoms with E-state index in [0.717, 1.165) is 23.3 Å². The van der Waals surface area contributed by atoms with Crippen molar-refractivity contribution in [2.24, 2.45) is 0 Å². The second kappa shape index (κ2) is 8.16. The summed E-state index contributed by atoms with van der Waals surface area (Å²) in [6.45, 7) is 9.41. The molecular formula is C20H23N3O5. The molecule has 0 aliphatic carbocycles. The van der Waals surface area contributed by atoms with E-state index in [1.54, 1.807) is 0 Å². The minimum atomic E-state index is -0.745. The van der Waals surface area contributed by atoms with E-state index in [2.05, 4.69) is 5.32 Å². The first-order chi connectivity index (χ1) is 13.0. The van der Waals surface area contributed by atoms with E-state index >= 15 is 0 Å². The molecular weight excluding hydrogens is 362 g/mol. The monoisotopic (exact) mass is 385 g/mol. The summed E-state index contributed by atoms with van der Waals surface area (Å²) in [6.07, 6.45) is 0. The van der Waals surface area contributed by atoms with Gasteiger partial charge in [0, 0.05) is 17.3 Å². The lowest BCUT2D eigenvalue weighted by atomic mass is 9.92. The van der Waals surface area contributed by atoms with Crippen molar-refractivity contribution in [2.45, 2.75) is 46.5 Å². The molecule has 8 nitrogen and oxygen atoms in total. The number of nitro benzene ring substituents is 2. The third kappa shape index (κ3) is 4.16. The Morgan fingerprint density at radius 1 is 0.964 bits per heavy atom. The zero-order valence-corrected chi connectivity index (χ0v) is 16.5. The van der Waals surface area contributed by atoms with Gasteiger partial charge in [-0.2, -0.15) is 0 Å². The molecule has 0 heterocycles. The highest BCUT2D eigenvalue weighted by Gasteiger charge is 2.26. The number of carbonyl (C=O) groups excluding carboxylic acids is 1. The van der Waals surface area contributed by atoms with Crippen LogP contribution in [0.25, 0.3) is 0 Å². The van der Waals surface area contributed by atoms with Crippen LogP contribution in [0.15, 0.2) is 30.3 Å². The molecule has 0 saturated heterocycles. The van der Waals surface area contributed by atoms with E-state index in [-0.39, 0.29) is 23.0 Å². The maximum Gasteiger partial charge on any atom is 0.279 e. The van der Waals surface area contributed by atoms with Gasteiger partial charge in [0.15, 0.2) is 0 Å². The van der Waals surface area contributed by atoms with Crippen LogP contribution in [0.1, 0.15) is 66.6 Å². The van der Waals surface area contributed by atoms with Gasteiger partial charge in [0.2, 0.25) is 0 Å². The molecule has 1 N–H and O–H groups in total. The molecule has 0 bridgehead atoms. The molecule has 0 aliphatic rings. The van der Waals surface area contributed by atoms with E-state index in [9.17, 15) is 25.0 Å². The predicted molar refractivity (Wildman–Crippen MR) is 107 cm³/mol. The van der Waals surface area contributed by atoms with Crippen LogP contribution in [-0.4, -0.2) is 15.8 Å². The molecule has 2 aromatic rings. The lowest BCUT2D eigenvalue weighted by Gasteiger charge is -2.20. The van der Waals surface area contributed by atoms with Crippen molar-refractivity contribution in [3.63, 3.8) is 0 Å². The highest BCUT2D eigenvalue weighted by Crippen LogP contribution is 2.34. The first-order valence-electron chi connectivity index (χ1n) is 8.92. The maximum absolute atomic E-state index is 13.0. The van der Waals surface area contributed by atoms with Gasteiger partial charge in [-0.3, -0.25) is 25.0 Å². The highest BCUT2D eigenvalue weighted by atomic mass is 16.6. The lowest BCUT2D eigenvalue weighted by Crippen LogP contribution is -2.18. The Morgan fingerprint density at radius 2 is 1.50 bits per heavy atom. The van der Waals surface area contributed by atoms with Gasteiger partial charge < -0.3 is 5.32 Å². The Morgan fingerprint density at radius 3 is 1.93 bits per heavy atom. The van der Waals surface area contributed by atoms with Gasteiger partial charge in [0.25, 0.3) is 17.3 Å². The summed E-state index contributed by atoms with van der Waals surface area (Å²) in [7, 11) is 0. The van der Waals surface area contributed by atoms with Crippen molar-refractivity contribution in [1.82, 2.24) is 0 Å². The molecule has 0 radical (unpaired) electrons. The third-order valence-electron chi connectivity index (χ3n) is 4.63. The van der Waals surface area contributed by atoms with E-state index in [4.69, 9.17) is 0 Å². The smallest absolute Gasteiger partial charge is 0.279 e. The number of hydrogen-bond donors (Lipinski definition) is 1. The molecule has 0 saturated carbocycles. The van der Waals surface area contributed by atoms with Crippen molar-refractivity contribution < 1.29 is 14.6 Å². The number of rotatable bonds is 6. The average Bonchev–Trinajstić information content (AvgIpc) is 2.60. The molecule has 8 heteroatoms. The number of hydrogen-bond acceptors (Lipinski definition) is 5. The predicted octanol–water partition coefficient (Wildman–Crippen LogP) is 5.31. The number of para-hydroxylation sites is 1. The fraction of sp³-hybridized carbons (Fsp3) is 0.350. The van der Waals surface area contributed by atoms with E-state index in [0.29, 0.717) is 5.69 Å². The molecule has 0 spiro atoms. The Balaban J connectivity index is 2.60. The Bertz CT molecular complexity index is 925. The van der Waals surface area contributed by atoms with E-state index in [1.165, 1.54) is 6.92 Å². The van der Waals surface area contributed by atoms with Gasteiger partial charge >= 0.3 is 0 Å². The molecule has 0 aliphatic heterocycles. The summed E-state index contributed by atoms with van der Waals surface area (Å²) in [6, 6.07) is 7.69. The fourth-order valence-electron chi connectivity index (χ4n) is 3.09. The van der Waals surface area contributed by atoms with Crippen LogP contribution >= 0.6 is 0 Å². The number of amides is 1. The Labute approximate surface area is 162 Å². The van der Waals surface area contributed by atoms with Crippen LogP contribution in [-0.2, 0) is 0 Å². The minimum Gasteiger partial charge on any atom is -0.321 e. The van der Waals surface area contributed by atoms with Crippen LogP contribution < -0.4 is 5.32 Å². The number of nitro groups is 2. The second-order valence-electron chi connectivity index (χ2n) is 7.23. The largest absolute Gasteiger partial charge is 0.321 e. The van der Waals surface area contributed by atoms with Crippen molar-refractivity contribution in [3.8, 4) is 0 Å². The summed E-state index contributed by atoms with van der Waals surface area (Å²) in [5.74, 6) is -0.344. The number of nitrogens with zero attached hydrogens (tertiary/aromatic N) is 2. The SMILES string of the molecule is Cc1c(C(=O)Nc2c(C(C)C)cccc2C(C)C)cc([N+](=O)[O-])cc1[N+](=O)[O-]. The summed E-state index contributed by atoms with van der Waals surface area (Å²) < 4.78 is 0. The van der Waals surface area contributed by atoms with Crippen LogP contribution in [0, 0.1) is 27.2 Å². The quantitative estimate of drug-likeness (QED) is 0.534. The zero-order chi connectivity index (χ0) is 21.2. The van der Waals surface area contributed by atoms with Crippen LogP contribution in [0.5, 0.6) is 0 Å². The van der Waals surface area contributed by atoms with Gasteiger partial charge in [-0.15, -0.1) is 0 Å². The highest BCUT2D eigenvalue weighted by molar-refractivity contribution is 6.07. The molecule has 148 valence electrons. The Hall–Kier alpha value is -3.29. The summed E-state index contributed by atoms with van der Waals surface area (Å²) in [5.41, 5.74) is 1.54. The lowest BCUT2D eigenvalue weighted by molar-refractivity contribution is -0.394. The summed E-state index contributed by atoms with van der Waals surface area (Å²) in [5, 5.41) is 25.3. The number of carbonyl (C=O) groups is 1. The van der Waals surface area contributed by atoms with Gasteiger partial charge in [-0.25, -0.2) is 0 Å². The number of anilines is 1. The zero-order valence-electron chi connectivity index (χ0n) is 16.5. The molecule has 0 fully saturated rings. The van der Waals surface area contributed by atoms with Gasteiger partial charge in [0.05, 0.1) is 21.5 Å². The molecule has 0 atom stereocenters. The van der Waals surface area contributed by atoms with Crippen molar-refractivity contribution in [3.05, 3.63) is 72.8 Å². The fourth-order valence-corrected chi connectivity index (χ4v) is 3.09. The van der Waals surface area contributed by atoms with E-state index in [1.807, 2.05) is 45.9 Å². The van der Waals surface area contributed by atoms with Gasteiger partial charge in [-0.05, 0) is 29.9 Å². The minimum absolute atomic E-state index is 0.0845. The number of benzene rings is 2. The standard InChI is InChI=1S/C20H23N3O5/c1-11(2)15-7-6-8-16(12(3)4)19(15)21-20(24)17-9-14(22(25)26)10-18(13(17)5)23(27)28/h6-12H,1-5H3,(H,21,24). The Kier molecular flexibility index (Phi) is 6.12. The maximum atomic E-state index is 13.0. The van der Waals surface area contributed by atoms with Crippen LogP contribution in [0.4, 0.5) is 17.1 Å². The average molecular weight is 385 g/mol. The summed E-state index contributed by atoms with van der Waals surface area (Å²) >= 11 is 0. The van der Waals surface area contributed by atoms with Gasteiger partial charge in [0.1, 0.15) is 0 Å². The topological polar surface area (TPSA) is 115 Å². The van der Waals surface area contributed by atoms with Crippen LogP contribution in [0.3, 0.4) is 0 Å². The molecule has 0 aromatic heterocycles. The van der Waals surface area contributed by atoms with Crippen molar-refractivity contribution >= 4 is 23.0 Å². The molecule has 2 aromatic carbocycles. The second-order valence-corrected chi connectivity index (χ2v) is 7.23. The first-order valence-corrected chi connectivity index (χ1v) is 8.92. The van der Waals surface area contributed by atoms with Gasteiger partial charge in [-0.1, -0.05) is 45.9 Å². The number of non-ortho nitro benzene ring substituents is 1. The van der Waals surface area contributed by atoms with Crippen molar-refractivity contribution in [1.29, 1.82) is 0 Å². The first kappa shape index (κ1) is 21.0. The summed E-state index contributed by atoms with van der Waals surface area (Å²) in [4.78, 5) is 33.9. The molecule has 0 unspecified atom stereocenters. The normalized spacial score (nSPS) is 11.0. The molecule has 28 heavy (non-hydrogen) atoms.